The third kappa shape index (κ3) is 1.39. The summed E-state index contributed by atoms with van der Waals surface area (Å²) in [5.41, 5.74) is 1.94. The average molecular weight is 328 g/mol. The minimum absolute atomic E-state index is 0.186. The third-order valence-corrected chi connectivity index (χ3v) is 4.31. The Hall–Kier alpha value is -0.620. The zero-order chi connectivity index (χ0) is 11.2. The Bertz CT molecular complexity index is 452. The van der Waals surface area contributed by atoms with Crippen molar-refractivity contribution in [1.29, 1.82) is 0 Å². The average Bonchev–Trinajstić information content (AvgIpc) is 2.55. The van der Waals surface area contributed by atoms with Gasteiger partial charge in [-0.05, 0) is 72.3 Å². The van der Waals surface area contributed by atoms with E-state index in [0.29, 0.717) is 0 Å². The van der Waals surface area contributed by atoms with Crippen LogP contribution in [0.1, 0.15) is 18.4 Å². The Balaban J connectivity index is 2.13. The second-order valence-electron chi connectivity index (χ2n) is 4.48. The fraction of sp³-hybridized carbons (Fsp3) is 0.417. The normalized spacial score (nSPS) is 21.9. The van der Waals surface area contributed by atoms with E-state index in [0.717, 1.165) is 31.6 Å². The van der Waals surface area contributed by atoms with Crippen LogP contribution in [0, 0.1) is 3.57 Å². The lowest BCUT2D eigenvalue weighted by molar-refractivity contribution is -0.121. The molecular formula is C12H13IN2O. The lowest BCUT2D eigenvalue weighted by Crippen LogP contribution is -2.44. The van der Waals surface area contributed by atoms with Gasteiger partial charge in [0.15, 0.2) is 0 Å². The number of carbonyl (C=O) groups is 1. The zero-order valence-electron chi connectivity index (χ0n) is 8.85. The zero-order valence-corrected chi connectivity index (χ0v) is 11.0. The van der Waals surface area contributed by atoms with Gasteiger partial charge in [0.1, 0.15) is 0 Å². The van der Waals surface area contributed by atoms with E-state index in [4.69, 9.17) is 0 Å². The topological polar surface area (TPSA) is 41.1 Å². The minimum atomic E-state index is -0.262. The predicted octanol–water partition coefficient (Wildman–Crippen LogP) is 1.86. The summed E-state index contributed by atoms with van der Waals surface area (Å²) in [6.45, 7) is 1.86. The van der Waals surface area contributed by atoms with Crippen molar-refractivity contribution in [2.75, 3.05) is 18.4 Å². The largest absolute Gasteiger partial charge is 0.325 e. The van der Waals surface area contributed by atoms with Crippen molar-refractivity contribution >= 4 is 34.2 Å². The molecule has 84 valence electrons. The summed E-state index contributed by atoms with van der Waals surface area (Å²) in [7, 11) is 0. The van der Waals surface area contributed by atoms with Crippen LogP contribution in [0.25, 0.3) is 0 Å². The number of rotatable bonds is 0. The Kier molecular flexibility index (Phi) is 2.43. The predicted molar refractivity (Wildman–Crippen MR) is 71.6 cm³/mol. The van der Waals surface area contributed by atoms with Crippen LogP contribution in [0.2, 0.25) is 0 Å². The monoisotopic (exact) mass is 328 g/mol. The van der Waals surface area contributed by atoms with E-state index in [1.54, 1.807) is 0 Å². The first-order chi connectivity index (χ1) is 7.72. The van der Waals surface area contributed by atoms with Crippen molar-refractivity contribution in [2.24, 2.45) is 0 Å². The van der Waals surface area contributed by atoms with Crippen LogP contribution < -0.4 is 10.6 Å². The van der Waals surface area contributed by atoms with Gasteiger partial charge in [-0.15, -0.1) is 0 Å². The first kappa shape index (κ1) is 10.5. The number of carbonyl (C=O) groups excluding carboxylic acids is 1. The number of anilines is 1. The van der Waals surface area contributed by atoms with Gasteiger partial charge >= 0.3 is 0 Å². The van der Waals surface area contributed by atoms with Crippen LogP contribution in [-0.4, -0.2) is 19.0 Å². The number of piperidine rings is 1. The number of hydrogen-bond acceptors (Lipinski definition) is 2. The Morgan fingerprint density at radius 2 is 2.00 bits per heavy atom. The van der Waals surface area contributed by atoms with E-state index >= 15 is 0 Å². The molecule has 2 aliphatic rings. The van der Waals surface area contributed by atoms with Crippen LogP contribution in [0.5, 0.6) is 0 Å². The molecule has 1 aromatic rings. The molecule has 1 aromatic carbocycles. The van der Waals surface area contributed by atoms with E-state index < -0.39 is 0 Å². The molecule has 1 spiro atoms. The van der Waals surface area contributed by atoms with Crippen molar-refractivity contribution in [3.63, 3.8) is 0 Å². The molecule has 2 heterocycles. The van der Waals surface area contributed by atoms with Crippen molar-refractivity contribution in [1.82, 2.24) is 5.32 Å². The molecule has 3 rings (SSSR count). The van der Waals surface area contributed by atoms with Gasteiger partial charge < -0.3 is 10.6 Å². The highest BCUT2D eigenvalue weighted by molar-refractivity contribution is 14.1. The smallest absolute Gasteiger partial charge is 0.235 e. The van der Waals surface area contributed by atoms with Gasteiger partial charge in [-0.25, -0.2) is 0 Å². The quantitative estimate of drug-likeness (QED) is 0.714. The second kappa shape index (κ2) is 3.70. The van der Waals surface area contributed by atoms with Gasteiger partial charge in [0.2, 0.25) is 5.91 Å². The molecule has 0 bridgehead atoms. The molecule has 4 heteroatoms. The van der Waals surface area contributed by atoms with Crippen LogP contribution in [0.3, 0.4) is 0 Å². The minimum Gasteiger partial charge on any atom is -0.325 e. The molecule has 2 N–H and O–H groups in total. The summed E-state index contributed by atoms with van der Waals surface area (Å²) in [6, 6.07) is 6.21. The number of halogens is 1. The highest BCUT2D eigenvalue weighted by atomic mass is 127. The third-order valence-electron chi connectivity index (χ3n) is 3.64. The van der Waals surface area contributed by atoms with Gasteiger partial charge in [0, 0.05) is 9.26 Å². The first-order valence-corrected chi connectivity index (χ1v) is 6.62. The van der Waals surface area contributed by atoms with Gasteiger partial charge in [0.05, 0.1) is 5.41 Å². The molecular weight excluding hydrogens is 315 g/mol. The van der Waals surface area contributed by atoms with Crippen molar-refractivity contribution in [3.05, 3.63) is 27.3 Å². The van der Waals surface area contributed by atoms with Crippen molar-refractivity contribution < 1.29 is 4.79 Å². The Labute approximate surface area is 108 Å². The number of benzene rings is 1. The Morgan fingerprint density at radius 1 is 1.25 bits per heavy atom. The number of hydrogen-bond donors (Lipinski definition) is 2. The molecule has 1 saturated heterocycles. The molecule has 16 heavy (non-hydrogen) atoms. The molecule has 0 unspecified atom stereocenters. The summed E-state index contributed by atoms with van der Waals surface area (Å²) in [5.74, 6) is 0.186. The maximum Gasteiger partial charge on any atom is 0.235 e. The summed E-state index contributed by atoms with van der Waals surface area (Å²) in [4.78, 5) is 12.2. The molecule has 1 amide bonds. The molecule has 0 atom stereocenters. The lowest BCUT2D eigenvalue weighted by Gasteiger charge is -2.32. The van der Waals surface area contributed by atoms with Gasteiger partial charge in [0.25, 0.3) is 0 Å². The van der Waals surface area contributed by atoms with E-state index in [1.807, 2.05) is 12.1 Å². The number of amides is 1. The van der Waals surface area contributed by atoms with E-state index in [1.165, 1.54) is 9.13 Å². The van der Waals surface area contributed by atoms with E-state index in [9.17, 15) is 4.79 Å². The van der Waals surface area contributed by atoms with Crippen molar-refractivity contribution in [3.8, 4) is 0 Å². The maximum atomic E-state index is 12.2. The highest BCUT2D eigenvalue weighted by Gasteiger charge is 2.47. The van der Waals surface area contributed by atoms with Crippen molar-refractivity contribution in [2.45, 2.75) is 18.3 Å². The summed E-state index contributed by atoms with van der Waals surface area (Å²) in [6.07, 6.45) is 1.82. The molecule has 3 nitrogen and oxygen atoms in total. The fourth-order valence-corrected chi connectivity index (χ4v) is 3.23. The van der Waals surface area contributed by atoms with Gasteiger partial charge in [-0.3, -0.25) is 4.79 Å². The first-order valence-electron chi connectivity index (χ1n) is 5.55. The van der Waals surface area contributed by atoms with Crippen LogP contribution >= 0.6 is 22.6 Å². The SMILES string of the molecule is O=C1Nc2ccc(I)cc2C12CCNCC2. The standard InChI is InChI=1S/C12H13IN2O/c13-8-1-2-10-9(7-8)12(11(16)15-10)3-5-14-6-4-12/h1-2,7,14H,3-6H2,(H,15,16). The lowest BCUT2D eigenvalue weighted by atomic mass is 9.74. The van der Waals surface area contributed by atoms with Gasteiger partial charge in [-0.2, -0.15) is 0 Å². The molecule has 0 radical (unpaired) electrons. The van der Waals surface area contributed by atoms with Crippen LogP contribution in [0.15, 0.2) is 18.2 Å². The van der Waals surface area contributed by atoms with E-state index in [2.05, 4.69) is 39.3 Å². The Morgan fingerprint density at radius 3 is 2.75 bits per heavy atom. The number of nitrogens with one attached hydrogen (secondary N) is 2. The second-order valence-corrected chi connectivity index (χ2v) is 5.72. The molecule has 2 aliphatic heterocycles. The molecule has 0 saturated carbocycles. The van der Waals surface area contributed by atoms with E-state index in [-0.39, 0.29) is 11.3 Å². The van der Waals surface area contributed by atoms with Gasteiger partial charge in [-0.1, -0.05) is 0 Å². The maximum absolute atomic E-state index is 12.2. The summed E-state index contributed by atoms with van der Waals surface area (Å²) >= 11 is 2.31. The van der Waals surface area contributed by atoms with Crippen LogP contribution in [0.4, 0.5) is 5.69 Å². The fourth-order valence-electron chi connectivity index (χ4n) is 2.74. The summed E-state index contributed by atoms with van der Waals surface area (Å²) in [5, 5.41) is 6.34. The molecule has 0 aliphatic carbocycles. The highest BCUT2D eigenvalue weighted by Crippen LogP contribution is 2.44. The molecule has 1 fully saturated rings. The summed E-state index contributed by atoms with van der Waals surface area (Å²) < 4.78 is 1.20. The molecule has 0 aromatic heterocycles. The van der Waals surface area contributed by atoms with Crippen LogP contribution in [-0.2, 0) is 10.2 Å². The number of fused-ring (bicyclic) bond motifs is 2.